The summed E-state index contributed by atoms with van der Waals surface area (Å²) < 4.78 is 5.61. The maximum absolute atomic E-state index is 12.1. The van der Waals surface area contributed by atoms with Gasteiger partial charge in [-0.05, 0) is 63.6 Å². The van der Waals surface area contributed by atoms with Crippen molar-refractivity contribution in [1.29, 1.82) is 0 Å². The third-order valence-electron chi connectivity index (χ3n) is 3.21. The summed E-state index contributed by atoms with van der Waals surface area (Å²) in [5.41, 5.74) is 1.51. The van der Waals surface area contributed by atoms with Gasteiger partial charge >= 0.3 is 0 Å². The number of hydrogen-bond donors (Lipinski definition) is 2. The Morgan fingerprint density at radius 3 is 2.75 bits per heavy atom. The van der Waals surface area contributed by atoms with Crippen LogP contribution in [0.2, 0.25) is 0 Å². The number of carbonyl (C=O) groups is 1. The van der Waals surface area contributed by atoms with Gasteiger partial charge in [-0.15, -0.1) is 0 Å². The fourth-order valence-corrected chi connectivity index (χ4v) is 3.39. The number of phenols is 1. The summed E-state index contributed by atoms with van der Waals surface area (Å²) in [4.78, 5) is 17.0. The molecule has 7 heteroatoms. The van der Waals surface area contributed by atoms with Crippen molar-refractivity contribution in [2.75, 3.05) is 7.11 Å². The number of para-hydroxylation sites is 1. The molecular weight excluding hydrogens is 392 g/mol. The number of thioether (sulfide) groups is 1. The molecule has 122 valence electrons. The first kappa shape index (κ1) is 16.6. The molecule has 1 heterocycles. The SMILES string of the molecule is COc1cc(C=C2SC(=Nc3ccccc3)NC2=O)cc(Br)c1O. The van der Waals surface area contributed by atoms with Gasteiger partial charge in [-0.2, -0.15) is 0 Å². The fourth-order valence-electron chi connectivity index (χ4n) is 2.08. The van der Waals surface area contributed by atoms with E-state index in [0.717, 1.165) is 11.3 Å². The lowest BCUT2D eigenvalue weighted by atomic mass is 10.2. The highest BCUT2D eigenvalue weighted by molar-refractivity contribution is 9.10. The van der Waals surface area contributed by atoms with Crippen molar-refractivity contribution >= 4 is 50.5 Å². The monoisotopic (exact) mass is 404 g/mol. The number of phenolic OH excluding ortho intramolecular Hbond substituents is 1. The first-order chi connectivity index (χ1) is 11.6. The van der Waals surface area contributed by atoms with E-state index in [0.29, 0.717) is 20.3 Å². The average Bonchev–Trinajstić information content (AvgIpc) is 2.91. The molecule has 0 saturated carbocycles. The molecule has 1 fully saturated rings. The Bertz CT molecular complexity index is 850. The van der Waals surface area contributed by atoms with Gasteiger partial charge in [0.2, 0.25) is 0 Å². The van der Waals surface area contributed by atoms with Crippen molar-refractivity contribution in [3.63, 3.8) is 0 Å². The molecule has 0 spiro atoms. The molecule has 24 heavy (non-hydrogen) atoms. The van der Waals surface area contributed by atoms with Crippen molar-refractivity contribution in [3.05, 3.63) is 57.4 Å². The van der Waals surface area contributed by atoms with Gasteiger partial charge in [0.15, 0.2) is 16.7 Å². The Hall–Kier alpha value is -2.25. The predicted molar refractivity (Wildman–Crippen MR) is 99.6 cm³/mol. The van der Waals surface area contributed by atoms with E-state index >= 15 is 0 Å². The van der Waals surface area contributed by atoms with E-state index < -0.39 is 0 Å². The normalized spacial score (nSPS) is 17.3. The lowest BCUT2D eigenvalue weighted by Gasteiger charge is -2.06. The number of ether oxygens (including phenoxy) is 1. The van der Waals surface area contributed by atoms with Crippen LogP contribution in [-0.4, -0.2) is 23.3 Å². The standard InChI is InChI=1S/C17H13BrN2O3S/c1-23-13-8-10(7-12(18)15(13)21)9-14-16(22)20-17(24-14)19-11-5-3-2-4-6-11/h2-9,21H,1H3,(H,19,20,22). The number of methoxy groups -OCH3 is 1. The summed E-state index contributed by atoms with van der Waals surface area (Å²) in [5.74, 6) is 0.144. The molecule has 5 nitrogen and oxygen atoms in total. The second kappa shape index (κ2) is 7.11. The number of nitrogens with zero attached hydrogens (tertiary/aromatic N) is 1. The minimum Gasteiger partial charge on any atom is -0.503 e. The van der Waals surface area contributed by atoms with Crippen LogP contribution in [-0.2, 0) is 4.79 Å². The number of carbonyl (C=O) groups excluding carboxylic acids is 1. The maximum atomic E-state index is 12.1. The number of benzene rings is 2. The second-order valence-electron chi connectivity index (χ2n) is 4.87. The third-order valence-corrected chi connectivity index (χ3v) is 4.72. The highest BCUT2D eigenvalue weighted by Gasteiger charge is 2.24. The predicted octanol–water partition coefficient (Wildman–Crippen LogP) is 4.05. The lowest BCUT2D eigenvalue weighted by Crippen LogP contribution is -2.19. The van der Waals surface area contributed by atoms with Gasteiger partial charge in [-0.1, -0.05) is 18.2 Å². The molecule has 0 radical (unpaired) electrons. The van der Waals surface area contributed by atoms with Crippen LogP contribution in [0.15, 0.2) is 56.8 Å². The van der Waals surface area contributed by atoms with Crippen molar-refractivity contribution in [2.24, 2.45) is 4.99 Å². The number of nitrogens with one attached hydrogen (secondary N) is 1. The number of aliphatic imine (C=N–C) groups is 1. The molecule has 1 amide bonds. The van der Waals surface area contributed by atoms with Gasteiger partial charge in [-0.25, -0.2) is 4.99 Å². The zero-order chi connectivity index (χ0) is 17.1. The van der Waals surface area contributed by atoms with Gasteiger partial charge in [-0.3, -0.25) is 4.79 Å². The first-order valence-electron chi connectivity index (χ1n) is 6.98. The van der Waals surface area contributed by atoms with Gasteiger partial charge in [0.25, 0.3) is 5.91 Å². The molecule has 1 aliphatic heterocycles. The van der Waals surface area contributed by atoms with E-state index in [2.05, 4.69) is 26.2 Å². The molecule has 2 N–H and O–H groups in total. The Labute approximate surface area is 151 Å². The smallest absolute Gasteiger partial charge is 0.264 e. The van der Waals surface area contributed by atoms with Crippen LogP contribution in [0.1, 0.15) is 5.56 Å². The summed E-state index contributed by atoms with van der Waals surface area (Å²) in [6.45, 7) is 0. The summed E-state index contributed by atoms with van der Waals surface area (Å²) in [6.07, 6.45) is 1.72. The second-order valence-corrected chi connectivity index (χ2v) is 6.76. The van der Waals surface area contributed by atoms with E-state index in [1.54, 1.807) is 18.2 Å². The minimum absolute atomic E-state index is 0.0227. The molecule has 2 aromatic carbocycles. The molecule has 2 aromatic rings. The number of aromatic hydroxyl groups is 1. The third kappa shape index (κ3) is 3.63. The number of hydrogen-bond acceptors (Lipinski definition) is 5. The number of amidine groups is 1. The molecule has 0 atom stereocenters. The van der Waals surface area contributed by atoms with Crippen LogP contribution >= 0.6 is 27.7 Å². The summed E-state index contributed by atoms with van der Waals surface area (Å²) in [7, 11) is 1.47. The van der Waals surface area contributed by atoms with E-state index in [-0.39, 0.29) is 11.7 Å². The molecule has 0 aromatic heterocycles. The number of rotatable bonds is 3. The molecule has 1 aliphatic rings. The number of halogens is 1. The fraction of sp³-hybridized carbons (Fsp3) is 0.0588. The van der Waals surface area contributed by atoms with Crippen LogP contribution in [0.4, 0.5) is 5.69 Å². The summed E-state index contributed by atoms with van der Waals surface area (Å²) in [5, 5.41) is 13.1. The molecule has 1 saturated heterocycles. The van der Waals surface area contributed by atoms with Crippen molar-refractivity contribution in [3.8, 4) is 11.5 Å². The highest BCUT2D eigenvalue weighted by atomic mass is 79.9. The first-order valence-corrected chi connectivity index (χ1v) is 8.59. The van der Waals surface area contributed by atoms with E-state index in [1.165, 1.54) is 18.9 Å². The van der Waals surface area contributed by atoms with Crippen LogP contribution in [0.25, 0.3) is 6.08 Å². The van der Waals surface area contributed by atoms with Gasteiger partial charge in [0.1, 0.15) is 0 Å². The quantitative estimate of drug-likeness (QED) is 0.756. The molecule has 3 rings (SSSR count). The molecular formula is C17H13BrN2O3S. The Kier molecular flexibility index (Phi) is 4.92. The summed E-state index contributed by atoms with van der Waals surface area (Å²) in [6, 6.07) is 12.8. The Balaban J connectivity index is 1.88. The lowest BCUT2D eigenvalue weighted by molar-refractivity contribution is -0.115. The highest BCUT2D eigenvalue weighted by Crippen LogP contribution is 2.37. The number of amides is 1. The van der Waals surface area contributed by atoms with Crippen molar-refractivity contribution < 1.29 is 14.6 Å². The molecule has 0 unspecified atom stereocenters. The zero-order valence-electron chi connectivity index (χ0n) is 12.6. The van der Waals surface area contributed by atoms with E-state index in [4.69, 9.17) is 4.74 Å². The van der Waals surface area contributed by atoms with E-state index in [9.17, 15) is 9.90 Å². The minimum atomic E-state index is -0.210. The van der Waals surface area contributed by atoms with Gasteiger partial charge in [0, 0.05) is 0 Å². The van der Waals surface area contributed by atoms with Gasteiger partial charge in [0.05, 0.1) is 22.2 Å². The molecule has 0 aliphatic carbocycles. The summed E-state index contributed by atoms with van der Waals surface area (Å²) >= 11 is 4.53. The molecule has 0 bridgehead atoms. The van der Waals surface area contributed by atoms with Crippen molar-refractivity contribution in [2.45, 2.75) is 0 Å². The Morgan fingerprint density at radius 2 is 2.04 bits per heavy atom. The van der Waals surface area contributed by atoms with Crippen LogP contribution in [0.3, 0.4) is 0 Å². The maximum Gasteiger partial charge on any atom is 0.264 e. The van der Waals surface area contributed by atoms with Crippen molar-refractivity contribution in [1.82, 2.24) is 5.32 Å². The van der Waals surface area contributed by atoms with Crippen LogP contribution in [0, 0.1) is 0 Å². The van der Waals surface area contributed by atoms with Crippen LogP contribution < -0.4 is 10.1 Å². The van der Waals surface area contributed by atoms with Crippen LogP contribution in [0.5, 0.6) is 11.5 Å². The Morgan fingerprint density at radius 1 is 1.29 bits per heavy atom. The zero-order valence-corrected chi connectivity index (χ0v) is 15.0. The van der Waals surface area contributed by atoms with Gasteiger partial charge < -0.3 is 15.2 Å². The topological polar surface area (TPSA) is 70.9 Å². The average molecular weight is 405 g/mol. The van der Waals surface area contributed by atoms with E-state index in [1.807, 2.05) is 30.3 Å². The largest absolute Gasteiger partial charge is 0.503 e.